The highest BCUT2D eigenvalue weighted by atomic mass is 19.1. The topological polar surface area (TPSA) is 103 Å². The summed E-state index contributed by atoms with van der Waals surface area (Å²) in [6, 6.07) is 2.50. The summed E-state index contributed by atoms with van der Waals surface area (Å²) in [6.07, 6.45) is 5.85. The lowest BCUT2D eigenvalue weighted by molar-refractivity contribution is -0.00863. The molecule has 2 N–H and O–H groups in total. The van der Waals surface area contributed by atoms with Crippen LogP contribution in [0, 0.1) is 0 Å². The summed E-state index contributed by atoms with van der Waals surface area (Å²) in [7, 11) is 0. The third-order valence-electron chi connectivity index (χ3n) is 6.95. The van der Waals surface area contributed by atoms with Crippen LogP contribution in [0.4, 0.5) is 27.8 Å². The molecule has 0 radical (unpaired) electrons. The highest BCUT2D eigenvalue weighted by Crippen LogP contribution is 2.35. The first-order valence-corrected chi connectivity index (χ1v) is 11.9. The van der Waals surface area contributed by atoms with Crippen molar-refractivity contribution in [1.82, 2.24) is 25.1 Å². The van der Waals surface area contributed by atoms with Gasteiger partial charge in [-0.05, 0) is 49.6 Å². The zero-order valence-corrected chi connectivity index (χ0v) is 20.0. The molecular weight excluding hydrogens is 435 g/mol. The van der Waals surface area contributed by atoms with E-state index < -0.39 is 11.8 Å². The van der Waals surface area contributed by atoms with E-state index >= 15 is 0 Å². The molecule has 0 bridgehead atoms. The van der Waals surface area contributed by atoms with Crippen molar-refractivity contribution >= 4 is 34.2 Å². The van der Waals surface area contributed by atoms with Crippen LogP contribution >= 0.6 is 0 Å². The second-order valence-corrected chi connectivity index (χ2v) is 9.91. The molecule has 2 saturated heterocycles. The molecule has 0 unspecified atom stereocenters. The number of pyridine rings is 2. The van der Waals surface area contributed by atoms with Crippen LogP contribution in [-0.2, 0) is 0 Å². The summed E-state index contributed by atoms with van der Waals surface area (Å²) in [4.78, 5) is 18.0. The molecule has 2 fully saturated rings. The van der Waals surface area contributed by atoms with Crippen LogP contribution in [0.2, 0.25) is 0 Å². The van der Waals surface area contributed by atoms with Gasteiger partial charge >= 0.3 is 0 Å². The SMILES string of the molecule is CC(C)c1cnc(N2CC[C@H]2C)c2cnc(Nc3cnnc(N4CC[C@H](O)[C@](C)(F)C4)n3)cc12. The Morgan fingerprint density at radius 1 is 1.12 bits per heavy atom. The number of fused-ring (bicyclic) bond motifs is 1. The molecule has 5 rings (SSSR count). The predicted octanol–water partition coefficient (Wildman–Crippen LogP) is 3.58. The second kappa shape index (κ2) is 8.57. The second-order valence-electron chi connectivity index (χ2n) is 9.91. The van der Waals surface area contributed by atoms with Gasteiger partial charge in [0.1, 0.15) is 11.6 Å². The van der Waals surface area contributed by atoms with Gasteiger partial charge in [-0.15, -0.1) is 5.10 Å². The third-order valence-corrected chi connectivity index (χ3v) is 6.95. The quantitative estimate of drug-likeness (QED) is 0.584. The van der Waals surface area contributed by atoms with E-state index in [-0.39, 0.29) is 6.54 Å². The maximum Gasteiger partial charge on any atom is 0.247 e. The molecule has 0 amide bonds. The zero-order chi connectivity index (χ0) is 24.0. The van der Waals surface area contributed by atoms with E-state index in [2.05, 4.69) is 51.2 Å². The van der Waals surface area contributed by atoms with Gasteiger partial charge < -0.3 is 20.2 Å². The van der Waals surface area contributed by atoms with Crippen molar-refractivity contribution in [2.24, 2.45) is 0 Å². The van der Waals surface area contributed by atoms with Crippen LogP contribution in [0.15, 0.2) is 24.7 Å². The Bertz CT molecular complexity index is 1200. The van der Waals surface area contributed by atoms with Crippen LogP contribution in [0.25, 0.3) is 10.8 Å². The maximum absolute atomic E-state index is 14.6. The molecule has 3 atom stereocenters. The van der Waals surface area contributed by atoms with Gasteiger partial charge in [-0.2, -0.15) is 10.1 Å². The molecule has 3 aromatic rings. The number of aromatic nitrogens is 5. The van der Waals surface area contributed by atoms with Crippen molar-refractivity contribution in [2.75, 3.05) is 34.8 Å². The van der Waals surface area contributed by atoms with E-state index in [9.17, 15) is 9.50 Å². The Kier molecular flexibility index (Phi) is 5.71. The smallest absolute Gasteiger partial charge is 0.247 e. The number of hydrogen-bond acceptors (Lipinski definition) is 9. The van der Waals surface area contributed by atoms with Crippen molar-refractivity contribution in [2.45, 2.75) is 64.3 Å². The average molecular weight is 467 g/mol. The minimum Gasteiger partial charge on any atom is -0.390 e. The Morgan fingerprint density at radius 3 is 2.62 bits per heavy atom. The number of alkyl halides is 1. The molecule has 0 saturated carbocycles. The van der Waals surface area contributed by atoms with Crippen LogP contribution in [0.1, 0.15) is 52.0 Å². The molecule has 3 aromatic heterocycles. The molecule has 0 aliphatic carbocycles. The maximum atomic E-state index is 14.6. The highest BCUT2D eigenvalue weighted by molar-refractivity contribution is 5.96. The van der Waals surface area contributed by atoms with Crippen LogP contribution < -0.4 is 15.1 Å². The van der Waals surface area contributed by atoms with Crippen molar-refractivity contribution in [1.29, 1.82) is 0 Å². The van der Waals surface area contributed by atoms with Gasteiger partial charge in [0.2, 0.25) is 5.95 Å². The Labute approximate surface area is 198 Å². The molecule has 5 heterocycles. The Balaban J connectivity index is 1.44. The monoisotopic (exact) mass is 466 g/mol. The van der Waals surface area contributed by atoms with E-state index in [0.717, 1.165) is 28.7 Å². The highest BCUT2D eigenvalue weighted by Gasteiger charge is 2.40. The van der Waals surface area contributed by atoms with E-state index in [4.69, 9.17) is 4.98 Å². The molecule has 0 aromatic carbocycles. The fraction of sp³-hybridized carbons (Fsp3) is 0.542. The fourth-order valence-electron chi connectivity index (χ4n) is 4.66. The minimum absolute atomic E-state index is 0.00989. The lowest BCUT2D eigenvalue weighted by Crippen LogP contribution is -2.53. The summed E-state index contributed by atoms with van der Waals surface area (Å²) < 4.78 is 14.6. The molecule has 10 heteroatoms. The molecule has 34 heavy (non-hydrogen) atoms. The van der Waals surface area contributed by atoms with Crippen molar-refractivity contribution in [3.8, 4) is 0 Å². The molecule has 2 aliphatic rings. The standard InChI is InChI=1S/C24H31FN8O/c1-14(2)17-10-27-22(33-8-5-15(33)3)18-11-26-20(9-16(17)18)29-21-12-28-31-23(30-21)32-7-6-19(34)24(4,25)13-32/h9-12,14-15,19,34H,5-8,13H2,1-4H3,(H,26,29,30,31)/t15-,19+,24-/m1/s1. The van der Waals surface area contributed by atoms with Crippen LogP contribution in [-0.4, -0.2) is 67.7 Å². The van der Waals surface area contributed by atoms with Gasteiger partial charge in [0.25, 0.3) is 0 Å². The lowest BCUT2D eigenvalue weighted by Gasteiger charge is -2.40. The number of aliphatic hydroxyl groups is 1. The minimum atomic E-state index is -1.72. The number of nitrogens with one attached hydrogen (secondary N) is 1. The summed E-state index contributed by atoms with van der Waals surface area (Å²) in [5.41, 5.74) is -0.564. The largest absolute Gasteiger partial charge is 0.390 e. The zero-order valence-electron chi connectivity index (χ0n) is 20.0. The normalized spacial score (nSPS) is 25.0. The summed E-state index contributed by atoms with van der Waals surface area (Å²) >= 11 is 0. The fourth-order valence-corrected chi connectivity index (χ4v) is 4.66. The van der Waals surface area contributed by atoms with Crippen molar-refractivity contribution < 1.29 is 9.50 Å². The third kappa shape index (κ3) is 4.11. The first kappa shape index (κ1) is 22.6. The molecule has 9 nitrogen and oxygen atoms in total. The van der Waals surface area contributed by atoms with Gasteiger partial charge in [0.05, 0.1) is 18.8 Å². The molecule has 0 spiro atoms. The van der Waals surface area contributed by atoms with E-state index in [1.807, 2.05) is 18.5 Å². The average Bonchev–Trinajstić information content (AvgIpc) is 2.79. The molecule has 180 valence electrons. The summed E-state index contributed by atoms with van der Waals surface area (Å²) in [5, 5.41) is 23.4. The number of piperidine rings is 1. The Hall–Kier alpha value is -3.14. The van der Waals surface area contributed by atoms with Gasteiger partial charge in [0.15, 0.2) is 11.5 Å². The van der Waals surface area contributed by atoms with Crippen LogP contribution in [0.5, 0.6) is 0 Å². The number of hydrogen-bond donors (Lipinski definition) is 2. The van der Waals surface area contributed by atoms with E-state index in [0.29, 0.717) is 42.5 Å². The van der Waals surface area contributed by atoms with Crippen molar-refractivity contribution in [3.05, 3.63) is 30.2 Å². The Morgan fingerprint density at radius 2 is 1.94 bits per heavy atom. The van der Waals surface area contributed by atoms with E-state index in [1.54, 1.807) is 4.90 Å². The van der Waals surface area contributed by atoms with Gasteiger partial charge in [-0.25, -0.2) is 14.4 Å². The van der Waals surface area contributed by atoms with Gasteiger partial charge in [0, 0.05) is 36.9 Å². The van der Waals surface area contributed by atoms with Crippen LogP contribution in [0.3, 0.4) is 0 Å². The van der Waals surface area contributed by atoms with Gasteiger partial charge in [-0.1, -0.05) is 13.8 Å². The van der Waals surface area contributed by atoms with E-state index in [1.165, 1.54) is 19.5 Å². The van der Waals surface area contributed by atoms with Crippen molar-refractivity contribution in [3.63, 3.8) is 0 Å². The first-order valence-electron chi connectivity index (χ1n) is 11.9. The molecular formula is C24H31FN8O. The summed E-state index contributed by atoms with van der Waals surface area (Å²) in [6.45, 7) is 9.40. The number of anilines is 4. The van der Waals surface area contributed by atoms with Gasteiger partial charge in [-0.3, -0.25) is 0 Å². The summed E-state index contributed by atoms with van der Waals surface area (Å²) in [5.74, 6) is 2.72. The predicted molar refractivity (Wildman–Crippen MR) is 131 cm³/mol. The number of rotatable bonds is 5. The first-order chi connectivity index (χ1) is 16.2. The number of halogens is 1. The number of aliphatic hydroxyl groups excluding tert-OH is 1. The molecule has 2 aliphatic heterocycles. The lowest BCUT2D eigenvalue weighted by atomic mass is 9.94. The number of nitrogens with zero attached hydrogens (tertiary/aromatic N) is 7.